The molecule has 0 spiro atoms. The zero-order chi connectivity index (χ0) is 13.5. The van der Waals surface area contributed by atoms with Crippen molar-refractivity contribution >= 4 is 17.3 Å². The molecule has 1 aromatic heterocycles. The van der Waals surface area contributed by atoms with Crippen molar-refractivity contribution in [3.8, 4) is 0 Å². The third kappa shape index (κ3) is 3.58. The second kappa shape index (κ2) is 6.78. The van der Waals surface area contributed by atoms with Gasteiger partial charge in [-0.25, -0.2) is 4.98 Å². The first-order valence-corrected chi connectivity index (χ1v) is 6.20. The summed E-state index contributed by atoms with van der Waals surface area (Å²) in [5.74, 6) is 1.09. The number of hydrogen-bond acceptors (Lipinski definition) is 5. The van der Waals surface area contributed by atoms with Crippen LogP contribution in [0, 0.1) is 10.1 Å². The summed E-state index contributed by atoms with van der Waals surface area (Å²) < 4.78 is 0. The number of aromatic nitrogens is 1. The van der Waals surface area contributed by atoms with Crippen molar-refractivity contribution in [3.05, 3.63) is 22.2 Å². The van der Waals surface area contributed by atoms with E-state index in [9.17, 15) is 10.1 Å². The molecule has 18 heavy (non-hydrogen) atoms. The van der Waals surface area contributed by atoms with Gasteiger partial charge in [0.15, 0.2) is 0 Å². The average molecular weight is 252 g/mol. The number of unbranched alkanes of at least 4 members (excludes halogenated alkanes) is 1. The standard InChI is InChI=1S/C12H20N4O2/c1-4-6-9-15(3)12-10(16(17)18)7-8-11(14-12)13-5-2/h7-8H,4-6,9H2,1-3H3,(H,13,14). The highest BCUT2D eigenvalue weighted by molar-refractivity contribution is 5.61. The van der Waals surface area contributed by atoms with Crippen LogP contribution in [0.15, 0.2) is 12.1 Å². The van der Waals surface area contributed by atoms with E-state index >= 15 is 0 Å². The Bertz CT molecular complexity index is 409. The average Bonchev–Trinajstić information content (AvgIpc) is 2.36. The number of hydrogen-bond donors (Lipinski definition) is 1. The van der Waals surface area contributed by atoms with Gasteiger partial charge in [-0.3, -0.25) is 10.1 Å². The summed E-state index contributed by atoms with van der Waals surface area (Å²) in [6, 6.07) is 3.14. The molecule has 0 aliphatic heterocycles. The highest BCUT2D eigenvalue weighted by Crippen LogP contribution is 2.26. The number of nitrogens with one attached hydrogen (secondary N) is 1. The van der Waals surface area contributed by atoms with Crippen LogP contribution in [0.4, 0.5) is 17.3 Å². The zero-order valence-corrected chi connectivity index (χ0v) is 11.1. The fourth-order valence-electron chi connectivity index (χ4n) is 1.65. The minimum Gasteiger partial charge on any atom is -0.370 e. The second-order valence-electron chi connectivity index (χ2n) is 4.10. The lowest BCUT2D eigenvalue weighted by Crippen LogP contribution is -2.21. The Kier molecular flexibility index (Phi) is 5.35. The molecule has 1 N–H and O–H groups in total. The monoisotopic (exact) mass is 252 g/mol. The normalized spacial score (nSPS) is 10.2. The van der Waals surface area contributed by atoms with Crippen molar-refractivity contribution in [2.24, 2.45) is 0 Å². The van der Waals surface area contributed by atoms with Gasteiger partial charge in [-0.15, -0.1) is 0 Å². The van der Waals surface area contributed by atoms with Crippen LogP contribution >= 0.6 is 0 Å². The van der Waals surface area contributed by atoms with Gasteiger partial charge in [0.1, 0.15) is 5.82 Å². The van der Waals surface area contributed by atoms with E-state index in [1.54, 1.807) is 6.07 Å². The Morgan fingerprint density at radius 3 is 2.72 bits per heavy atom. The van der Waals surface area contributed by atoms with Gasteiger partial charge in [0.25, 0.3) is 0 Å². The summed E-state index contributed by atoms with van der Waals surface area (Å²) >= 11 is 0. The molecule has 0 saturated heterocycles. The number of nitrogens with zero attached hydrogens (tertiary/aromatic N) is 3. The van der Waals surface area contributed by atoms with Gasteiger partial charge in [0.05, 0.1) is 4.92 Å². The molecule has 0 unspecified atom stereocenters. The molecule has 1 heterocycles. The molecule has 0 atom stereocenters. The van der Waals surface area contributed by atoms with Gasteiger partial charge >= 0.3 is 5.69 Å². The van der Waals surface area contributed by atoms with Crippen LogP contribution in [0.1, 0.15) is 26.7 Å². The van der Waals surface area contributed by atoms with Gasteiger partial charge in [0.2, 0.25) is 5.82 Å². The number of pyridine rings is 1. The fraction of sp³-hybridized carbons (Fsp3) is 0.583. The molecule has 0 bridgehead atoms. The summed E-state index contributed by atoms with van der Waals surface area (Å²) in [7, 11) is 1.83. The SMILES string of the molecule is CCCCN(C)c1nc(NCC)ccc1[N+](=O)[O-]. The quantitative estimate of drug-likeness (QED) is 0.596. The number of nitro groups is 1. The maximum absolute atomic E-state index is 11.0. The molecule has 0 aliphatic carbocycles. The lowest BCUT2D eigenvalue weighted by atomic mass is 10.3. The van der Waals surface area contributed by atoms with E-state index in [0.717, 1.165) is 25.9 Å². The van der Waals surface area contributed by atoms with Gasteiger partial charge < -0.3 is 10.2 Å². The Morgan fingerprint density at radius 2 is 2.17 bits per heavy atom. The van der Waals surface area contributed by atoms with Crippen LogP contribution in [0.2, 0.25) is 0 Å². The molecule has 6 heteroatoms. The van der Waals surface area contributed by atoms with E-state index in [0.29, 0.717) is 11.6 Å². The molecule has 0 fully saturated rings. The van der Waals surface area contributed by atoms with E-state index in [1.165, 1.54) is 6.07 Å². The van der Waals surface area contributed by atoms with E-state index in [2.05, 4.69) is 17.2 Å². The third-order valence-corrected chi connectivity index (χ3v) is 2.62. The van der Waals surface area contributed by atoms with E-state index in [-0.39, 0.29) is 10.6 Å². The Labute approximate surface area is 107 Å². The van der Waals surface area contributed by atoms with Crippen LogP contribution in [0.25, 0.3) is 0 Å². The lowest BCUT2D eigenvalue weighted by molar-refractivity contribution is -0.384. The second-order valence-corrected chi connectivity index (χ2v) is 4.10. The molecular weight excluding hydrogens is 232 g/mol. The van der Waals surface area contributed by atoms with Crippen molar-refractivity contribution in [2.75, 3.05) is 30.4 Å². The molecule has 0 saturated carbocycles. The van der Waals surface area contributed by atoms with Crippen LogP contribution in [-0.2, 0) is 0 Å². The zero-order valence-electron chi connectivity index (χ0n) is 11.1. The molecule has 1 aromatic rings. The first-order valence-electron chi connectivity index (χ1n) is 6.20. The maximum atomic E-state index is 11.0. The van der Waals surface area contributed by atoms with Gasteiger partial charge in [0, 0.05) is 26.2 Å². The molecule has 100 valence electrons. The van der Waals surface area contributed by atoms with E-state index in [1.807, 2.05) is 18.9 Å². The smallest absolute Gasteiger partial charge is 0.311 e. The molecule has 0 amide bonds. The van der Waals surface area contributed by atoms with Gasteiger partial charge in [-0.1, -0.05) is 13.3 Å². The van der Waals surface area contributed by atoms with Crippen molar-refractivity contribution in [1.82, 2.24) is 4.98 Å². The van der Waals surface area contributed by atoms with E-state index in [4.69, 9.17) is 0 Å². The minimum atomic E-state index is -0.388. The van der Waals surface area contributed by atoms with Crippen molar-refractivity contribution in [1.29, 1.82) is 0 Å². The van der Waals surface area contributed by atoms with Crippen LogP contribution < -0.4 is 10.2 Å². The molecule has 0 aromatic carbocycles. The molecule has 0 radical (unpaired) electrons. The van der Waals surface area contributed by atoms with Gasteiger partial charge in [-0.2, -0.15) is 0 Å². The summed E-state index contributed by atoms with van der Waals surface area (Å²) in [6.07, 6.45) is 2.03. The predicted molar refractivity (Wildman–Crippen MR) is 73.2 cm³/mol. The topological polar surface area (TPSA) is 71.3 Å². The fourth-order valence-corrected chi connectivity index (χ4v) is 1.65. The Hall–Kier alpha value is -1.85. The Balaban J connectivity index is 3.02. The third-order valence-electron chi connectivity index (χ3n) is 2.62. The minimum absolute atomic E-state index is 0.0512. The van der Waals surface area contributed by atoms with Gasteiger partial charge in [-0.05, 0) is 19.4 Å². The number of anilines is 2. The predicted octanol–water partition coefficient (Wildman–Crippen LogP) is 2.66. The molecule has 6 nitrogen and oxygen atoms in total. The van der Waals surface area contributed by atoms with Crippen molar-refractivity contribution in [2.45, 2.75) is 26.7 Å². The molecule has 1 rings (SSSR count). The van der Waals surface area contributed by atoms with Crippen molar-refractivity contribution in [3.63, 3.8) is 0 Å². The van der Waals surface area contributed by atoms with Crippen LogP contribution in [0.3, 0.4) is 0 Å². The Morgan fingerprint density at radius 1 is 1.44 bits per heavy atom. The number of rotatable bonds is 7. The first kappa shape index (κ1) is 14.2. The maximum Gasteiger partial charge on any atom is 0.311 e. The van der Waals surface area contributed by atoms with Crippen LogP contribution in [0.5, 0.6) is 0 Å². The highest BCUT2D eigenvalue weighted by Gasteiger charge is 2.19. The molecule has 0 aliphatic rings. The van der Waals surface area contributed by atoms with Crippen LogP contribution in [-0.4, -0.2) is 30.0 Å². The summed E-state index contributed by atoms with van der Waals surface area (Å²) in [5.41, 5.74) is 0.0512. The van der Waals surface area contributed by atoms with Crippen molar-refractivity contribution < 1.29 is 4.92 Å². The largest absolute Gasteiger partial charge is 0.370 e. The summed E-state index contributed by atoms with van der Waals surface area (Å²) in [5, 5.41) is 14.1. The van der Waals surface area contributed by atoms with E-state index < -0.39 is 0 Å². The summed E-state index contributed by atoms with van der Waals surface area (Å²) in [6.45, 7) is 5.55. The first-order chi connectivity index (χ1) is 8.60. The lowest BCUT2D eigenvalue weighted by Gasteiger charge is -2.18. The summed E-state index contributed by atoms with van der Waals surface area (Å²) in [4.78, 5) is 16.7. The molecular formula is C12H20N4O2. The highest BCUT2D eigenvalue weighted by atomic mass is 16.6.